The molecule has 2 rings (SSSR count). The zero-order chi connectivity index (χ0) is 7.68. The number of rotatable bonds is 0. The summed E-state index contributed by atoms with van der Waals surface area (Å²) < 4.78 is 0. The minimum absolute atomic E-state index is 0. The molecule has 0 N–H and O–H groups in total. The van der Waals surface area contributed by atoms with Gasteiger partial charge in [0.25, 0.3) is 0 Å². The van der Waals surface area contributed by atoms with Gasteiger partial charge in [0.05, 0.1) is 0 Å². The first-order valence-corrected chi connectivity index (χ1v) is 3.36. The first-order valence-electron chi connectivity index (χ1n) is 3.36. The van der Waals surface area contributed by atoms with E-state index in [0.717, 1.165) is 5.56 Å². The molecule has 0 radical (unpaired) electrons. The molecule has 0 amide bonds. The fourth-order valence-electron chi connectivity index (χ4n) is 1.08. The van der Waals surface area contributed by atoms with Crippen molar-refractivity contribution in [3.05, 3.63) is 46.9 Å². The van der Waals surface area contributed by atoms with E-state index in [0.29, 0.717) is 5.56 Å². The van der Waals surface area contributed by atoms with Crippen LogP contribution in [-0.2, 0) is 0 Å². The third kappa shape index (κ3) is 1.41. The summed E-state index contributed by atoms with van der Waals surface area (Å²) in [5, 5.41) is 11.1. The van der Waals surface area contributed by atoms with Crippen LogP contribution in [0.2, 0.25) is 0 Å². The van der Waals surface area contributed by atoms with Gasteiger partial charge in [-0.3, -0.25) is 0 Å². The fourth-order valence-corrected chi connectivity index (χ4v) is 1.08. The summed E-state index contributed by atoms with van der Waals surface area (Å²) in [6, 6.07) is 7.43. The predicted octanol–water partition coefficient (Wildman–Crippen LogP) is -1.83. The van der Waals surface area contributed by atoms with Crippen LogP contribution in [0.15, 0.2) is 35.7 Å². The van der Waals surface area contributed by atoms with Crippen LogP contribution in [-0.4, -0.2) is 0 Å². The number of hydrogen-bond donors (Lipinski definition) is 0. The molecular formula is C10H5LiO. The molecule has 0 bridgehead atoms. The fraction of sp³-hybridized carbons (Fsp3) is 0. The maximum atomic E-state index is 11.1. The summed E-state index contributed by atoms with van der Waals surface area (Å²) in [4.78, 5) is 0. The molecule has 0 saturated carbocycles. The number of fused-ring (bicyclic) bond motifs is 1. The van der Waals surface area contributed by atoms with Gasteiger partial charge in [-0.15, -0.1) is 0 Å². The van der Waals surface area contributed by atoms with Crippen LogP contribution >= 0.6 is 0 Å². The van der Waals surface area contributed by atoms with E-state index in [2.05, 4.69) is 11.5 Å². The van der Waals surface area contributed by atoms with Crippen LogP contribution in [0.25, 0.3) is 11.8 Å². The van der Waals surface area contributed by atoms with Gasteiger partial charge in [-0.05, 0) is 23.0 Å². The minimum Gasteiger partial charge on any atom is -0.866 e. The molecule has 1 aliphatic rings. The van der Waals surface area contributed by atoms with Crippen molar-refractivity contribution in [2.75, 3.05) is 0 Å². The predicted molar refractivity (Wildman–Crippen MR) is 41.3 cm³/mol. The third-order valence-electron chi connectivity index (χ3n) is 1.62. The van der Waals surface area contributed by atoms with E-state index in [1.54, 1.807) is 12.1 Å². The van der Waals surface area contributed by atoms with Crippen molar-refractivity contribution >= 4 is 11.8 Å². The molecule has 0 saturated heterocycles. The summed E-state index contributed by atoms with van der Waals surface area (Å²) in [5.74, 6) is -0.0805. The van der Waals surface area contributed by atoms with E-state index in [1.165, 1.54) is 0 Å². The van der Waals surface area contributed by atoms with Crippen molar-refractivity contribution in [3.8, 4) is 0 Å². The normalized spacial score (nSPS) is 11.5. The second-order valence-corrected chi connectivity index (χ2v) is 2.33. The van der Waals surface area contributed by atoms with Gasteiger partial charge in [-0.1, -0.05) is 35.7 Å². The molecular weight excluding hydrogens is 143 g/mol. The molecule has 0 spiro atoms. The second-order valence-electron chi connectivity index (χ2n) is 2.33. The molecule has 1 aromatic rings. The topological polar surface area (TPSA) is 23.1 Å². The average molecular weight is 148 g/mol. The van der Waals surface area contributed by atoms with Crippen molar-refractivity contribution in [1.29, 1.82) is 0 Å². The van der Waals surface area contributed by atoms with E-state index >= 15 is 0 Å². The molecule has 1 nitrogen and oxygen atoms in total. The second kappa shape index (κ2) is 3.54. The van der Waals surface area contributed by atoms with Gasteiger partial charge in [0.1, 0.15) is 0 Å². The minimum atomic E-state index is -0.0805. The van der Waals surface area contributed by atoms with Crippen LogP contribution < -0.4 is 24.0 Å². The van der Waals surface area contributed by atoms with E-state index in [1.807, 2.05) is 18.2 Å². The zero-order valence-corrected chi connectivity index (χ0v) is 6.79. The summed E-state index contributed by atoms with van der Waals surface area (Å²) in [7, 11) is 0. The van der Waals surface area contributed by atoms with Crippen molar-refractivity contribution in [3.63, 3.8) is 0 Å². The summed E-state index contributed by atoms with van der Waals surface area (Å²) in [6.07, 6.45) is 1.76. The molecule has 0 unspecified atom stereocenters. The third-order valence-corrected chi connectivity index (χ3v) is 1.62. The van der Waals surface area contributed by atoms with Gasteiger partial charge >= 0.3 is 18.9 Å². The maximum absolute atomic E-state index is 11.1. The molecule has 0 aliphatic heterocycles. The van der Waals surface area contributed by atoms with Crippen molar-refractivity contribution in [2.24, 2.45) is 0 Å². The molecule has 52 valence electrons. The maximum Gasteiger partial charge on any atom is 1.00 e. The Labute approximate surface area is 82.9 Å². The van der Waals surface area contributed by atoms with E-state index < -0.39 is 0 Å². The summed E-state index contributed by atoms with van der Waals surface area (Å²) >= 11 is 0. The van der Waals surface area contributed by atoms with Crippen molar-refractivity contribution < 1.29 is 24.0 Å². The SMILES string of the molecule is [Li+].[O-]C1=C=C=Cc2ccccc21. The first-order chi connectivity index (χ1) is 5.38. The van der Waals surface area contributed by atoms with Crippen LogP contribution in [0.3, 0.4) is 0 Å². The first kappa shape index (κ1) is 9.01. The Bertz CT molecular complexity index is 394. The Morgan fingerprint density at radius 1 is 1.17 bits per heavy atom. The molecule has 1 aromatic carbocycles. The van der Waals surface area contributed by atoms with Gasteiger partial charge in [0, 0.05) is 0 Å². The van der Waals surface area contributed by atoms with Gasteiger partial charge in [-0.25, -0.2) is 0 Å². The van der Waals surface area contributed by atoms with E-state index in [9.17, 15) is 5.11 Å². The molecule has 12 heavy (non-hydrogen) atoms. The quantitative estimate of drug-likeness (QED) is 0.313. The van der Waals surface area contributed by atoms with Crippen LogP contribution in [0.4, 0.5) is 0 Å². The molecule has 2 heteroatoms. The zero-order valence-electron chi connectivity index (χ0n) is 6.79. The van der Waals surface area contributed by atoms with E-state index in [-0.39, 0.29) is 24.6 Å². The molecule has 1 aliphatic carbocycles. The monoisotopic (exact) mass is 148 g/mol. The molecule has 0 aromatic heterocycles. The molecule has 0 heterocycles. The van der Waals surface area contributed by atoms with Gasteiger partial charge in [0.15, 0.2) is 0 Å². The van der Waals surface area contributed by atoms with Gasteiger partial charge in [0.2, 0.25) is 0 Å². The largest absolute Gasteiger partial charge is 1.00 e. The Morgan fingerprint density at radius 3 is 2.67 bits per heavy atom. The van der Waals surface area contributed by atoms with Crippen molar-refractivity contribution in [2.45, 2.75) is 0 Å². The number of benzene rings is 1. The smallest absolute Gasteiger partial charge is 0.866 e. The standard InChI is InChI=1S/C10H6O.Li/c11-10-7-3-5-8-4-1-2-6-9(8)10;/h1-2,4-6,11H;/q;+1/p-1. The van der Waals surface area contributed by atoms with E-state index in [4.69, 9.17) is 0 Å². The Kier molecular flexibility index (Phi) is 2.66. The average Bonchev–Trinajstić information content (AvgIpc) is 2.06. The number of hydrogen-bond acceptors (Lipinski definition) is 1. The Balaban J connectivity index is 0.000000720. The van der Waals surface area contributed by atoms with Crippen LogP contribution in [0.1, 0.15) is 11.1 Å². The Hall–Kier alpha value is -1.08. The van der Waals surface area contributed by atoms with Crippen LogP contribution in [0.5, 0.6) is 0 Å². The molecule has 0 fully saturated rings. The summed E-state index contributed by atoms with van der Waals surface area (Å²) in [6.45, 7) is 0. The Morgan fingerprint density at radius 2 is 1.92 bits per heavy atom. The summed E-state index contributed by atoms with van der Waals surface area (Å²) in [5.41, 5.74) is 6.80. The molecule has 0 atom stereocenters. The van der Waals surface area contributed by atoms with Gasteiger partial charge in [-0.2, -0.15) is 0 Å². The van der Waals surface area contributed by atoms with Crippen molar-refractivity contribution in [1.82, 2.24) is 0 Å². The van der Waals surface area contributed by atoms with Crippen LogP contribution in [0, 0.1) is 0 Å². The van der Waals surface area contributed by atoms with Gasteiger partial charge < -0.3 is 5.11 Å².